The van der Waals surface area contributed by atoms with Gasteiger partial charge in [-0.05, 0) is 19.1 Å². The molecule has 1 aromatic carbocycles. The van der Waals surface area contributed by atoms with E-state index in [2.05, 4.69) is 31.4 Å². The minimum Gasteiger partial charge on any atom is -0.344 e. The number of hydrogen-bond donors (Lipinski definition) is 2. The zero-order valence-corrected chi connectivity index (χ0v) is 18.9. The van der Waals surface area contributed by atoms with Crippen LogP contribution in [0.15, 0.2) is 24.5 Å². The molecular weight excluding hydrogens is 463 g/mol. The lowest BCUT2D eigenvalue weighted by Gasteiger charge is -2.37. The lowest BCUT2D eigenvalue weighted by atomic mass is 10.0. The largest absolute Gasteiger partial charge is 0.344 e. The van der Waals surface area contributed by atoms with Gasteiger partial charge in [0.15, 0.2) is 5.65 Å². The van der Waals surface area contributed by atoms with Crippen molar-refractivity contribution < 1.29 is 14.0 Å². The molecule has 1 aliphatic heterocycles. The number of aryl methyl sites for hydroxylation is 1. The van der Waals surface area contributed by atoms with Crippen molar-refractivity contribution in [2.24, 2.45) is 13.0 Å². The smallest absolute Gasteiger partial charge is 0.255 e. The number of nitriles is 1. The summed E-state index contributed by atoms with van der Waals surface area (Å²) in [7, 11) is 1.66. The topological polar surface area (TPSA) is 133 Å². The summed E-state index contributed by atoms with van der Waals surface area (Å²) in [6, 6.07) is 4.13. The van der Waals surface area contributed by atoms with Gasteiger partial charge in [-0.25, -0.2) is 14.4 Å². The lowest BCUT2D eigenvalue weighted by Crippen LogP contribution is -2.55. The van der Waals surface area contributed by atoms with Crippen molar-refractivity contribution in [1.29, 1.82) is 5.26 Å². The number of nitrogens with one attached hydrogen (secondary N) is 2. The van der Waals surface area contributed by atoms with Gasteiger partial charge >= 0.3 is 0 Å². The third-order valence-electron chi connectivity index (χ3n) is 5.83. The Balaban J connectivity index is 1.45. The standard InChI is InChI=1S/C22H18ClFN8O2/c1-10(22(34)32-8-11(5-25)9-32)28-21(33)13-6-26-20-18(13)29-15(7-27-20)19-17-14(24)3-12(23)4-16(17)31(2)30-19/h3-4,6-7,10-11H,8-9H2,1-2H3,(H,26,27)(H,28,33)/t10-/m1/s1. The first-order valence-electron chi connectivity index (χ1n) is 10.4. The third kappa shape index (κ3) is 3.52. The van der Waals surface area contributed by atoms with Crippen LogP contribution in [0.4, 0.5) is 4.39 Å². The van der Waals surface area contributed by atoms with Gasteiger partial charge in [0, 0.05) is 31.4 Å². The zero-order valence-electron chi connectivity index (χ0n) is 18.1. The van der Waals surface area contributed by atoms with E-state index in [9.17, 15) is 14.0 Å². The number of carbonyl (C=O) groups excluding carboxylic acids is 2. The van der Waals surface area contributed by atoms with E-state index in [1.54, 1.807) is 20.0 Å². The Morgan fingerprint density at radius 1 is 1.38 bits per heavy atom. The van der Waals surface area contributed by atoms with E-state index in [0.717, 1.165) is 0 Å². The number of nitrogens with zero attached hydrogens (tertiary/aromatic N) is 6. The van der Waals surface area contributed by atoms with E-state index in [-0.39, 0.29) is 44.7 Å². The highest BCUT2D eigenvalue weighted by Gasteiger charge is 2.33. The van der Waals surface area contributed by atoms with Crippen molar-refractivity contribution in [2.45, 2.75) is 13.0 Å². The molecule has 1 fully saturated rings. The minimum atomic E-state index is -0.785. The highest BCUT2D eigenvalue weighted by atomic mass is 35.5. The van der Waals surface area contributed by atoms with Crippen LogP contribution in [0.1, 0.15) is 17.3 Å². The van der Waals surface area contributed by atoms with Crippen LogP contribution in [-0.2, 0) is 11.8 Å². The van der Waals surface area contributed by atoms with Gasteiger partial charge in [-0.2, -0.15) is 10.4 Å². The van der Waals surface area contributed by atoms with E-state index in [1.807, 2.05) is 0 Å². The van der Waals surface area contributed by atoms with Crippen LogP contribution >= 0.6 is 11.6 Å². The SMILES string of the molecule is C[C@@H](NC(=O)c1c[nH]c2ncc(-c3nn(C)c4cc(Cl)cc(F)c34)nc12)C(=O)N1CC(C#N)C1. The molecule has 1 atom stereocenters. The number of carbonyl (C=O) groups is 2. The van der Waals surface area contributed by atoms with Gasteiger partial charge in [-0.1, -0.05) is 11.6 Å². The summed E-state index contributed by atoms with van der Waals surface area (Å²) in [6.07, 6.45) is 2.89. The average Bonchev–Trinajstić information content (AvgIpc) is 3.33. The van der Waals surface area contributed by atoms with Crippen LogP contribution in [0.25, 0.3) is 33.5 Å². The number of aromatic amines is 1. The molecule has 4 aromatic rings. The van der Waals surface area contributed by atoms with Crippen LogP contribution < -0.4 is 5.32 Å². The number of rotatable bonds is 4. The molecule has 4 heterocycles. The summed E-state index contributed by atoms with van der Waals surface area (Å²) >= 11 is 5.98. The summed E-state index contributed by atoms with van der Waals surface area (Å²) in [4.78, 5) is 38.7. The van der Waals surface area contributed by atoms with Crippen molar-refractivity contribution >= 4 is 45.5 Å². The second kappa shape index (κ2) is 8.07. The van der Waals surface area contributed by atoms with Crippen molar-refractivity contribution in [1.82, 2.24) is 34.9 Å². The van der Waals surface area contributed by atoms with E-state index in [1.165, 1.54) is 28.0 Å². The van der Waals surface area contributed by atoms with Crippen LogP contribution in [-0.4, -0.2) is 60.6 Å². The number of hydrogen-bond acceptors (Lipinski definition) is 6. The Hall–Kier alpha value is -4.04. The van der Waals surface area contributed by atoms with Gasteiger partial charge in [-0.15, -0.1) is 0 Å². The van der Waals surface area contributed by atoms with Crippen LogP contribution in [0.5, 0.6) is 0 Å². The molecule has 0 aliphatic carbocycles. The zero-order chi connectivity index (χ0) is 24.1. The van der Waals surface area contributed by atoms with Crippen LogP contribution in [0.2, 0.25) is 5.02 Å². The molecule has 1 saturated heterocycles. The fourth-order valence-electron chi connectivity index (χ4n) is 4.01. The summed E-state index contributed by atoms with van der Waals surface area (Å²) < 4.78 is 16.2. The molecule has 34 heavy (non-hydrogen) atoms. The third-order valence-corrected chi connectivity index (χ3v) is 6.05. The summed E-state index contributed by atoms with van der Waals surface area (Å²) in [5, 5.41) is 16.4. The molecule has 0 saturated carbocycles. The molecule has 2 amide bonds. The van der Waals surface area contributed by atoms with E-state index in [4.69, 9.17) is 16.9 Å². The van der Waals surface area contributed by atoms with Crippen molar-refractivity contribution in [3.05, 3.63) is 40.9 Å². The first kappa shape index (κ1) is 21.8. The minimum absolute atomic E-state index is 0.169. The van der Waals surface area contributed by atoms with Gasteiger partial charge in [0.25, 0.3) is 5.91 Å². The quantitative estimate of drug-likeness (QED) is 0.461. The molecule has 3 aromatic heterocycles. The summed E-state index contributed by atoms with van der Waals surface area (Å²) in [5.41, 5.74) is 1.84. The molecular formula is C22H18ClFN8O2. The molecule has 12 heteroatoms. The average molecular weight is 481 g/mol. The molecule has 0 spiro atoms. The second-order valence-electron chi connectivity index (χ2n) is 8.17. The fourth-order valence-corrected chi connectivity index (χ4v) is 4.21. The maximum absolute atomic E-state index is 14.7. The molecule has 2 N–H and O–H groups in total. The number of H-pyrrole nitrogens is 1. The second-order valence-corrected chi connectivity index (χ2v) is 8.61. The highest BCUT2D eigenvalue weighted by Crippen LogP contribution is 2.31. The summed E-state index contributed by atoms with van der Waals surface area (Å²) in [5.74, 6) is -1.49. The normalized spacial score (nSPS) is 14.7. The first-order valence-corrected chi connectivity index (χ1v) is 10.8. The predicted octanol–water partition coefficient (Wildman–Crippen LogP) is 2.40. The number of likely N-dealkylation sites (tertiary alicyclic amines) is 1. The number of benzene rings is 1. The maximum Gasteiger partial charge on any atom is 0.255 e. The Kier molecular flexibility index (Phi) is 5.17. The molecule has 10 nitrogen and oxygen atoms in total. The van der Waals surface area contributed by atoms with Gasteiger partial charge in [0.2, 0.25) is 5.91 Å². The van der Waals surface area contributed by atoms with E-state index in [0.29, 0.717) is 24.3 Å². The Morgan fingerprint density at radius 3 is 2.88 bits per heavy atom. The molecule has 1 aliphatic rings. The van der Waals surface area contributed by atoms with Gasteiger partial charge in [-0.3, -0.25) is 14.3 Å². The fraction of sp³-hybridized carbons (Fsp3) is 0.273. The summed E-state index contributed by atoms with van der Waals surface area (Å²) in [6.45, 7) is 2.30. The molecule has 0 unspecified atom stereocenters. The number of halogens is 2. The number of fused-ring (bicyclic) bond motifs is 2. The molecule has 172 valence electrons. The van der Waals surface area contributed by atoms with Gasteiger partial charge in [0.05, 0.1) is 34.7 Å². The van der Waals surface area contributed by atoms with Gasteiger partial charge in [0.1, 0.15) is 28.8 Å². The lowest BCUT2D eigenvalue weighted by molar-refractivity contribution is -0.137. The van der Waals surface area contributed by atoms with E-state index >= 15 is 0 Å². The Labute approximate surface area is 197 Å². The number of aromatic nitrogens is 5. The van der Waals surface area contributed by atoms with Crippen LogP contribution in [0.3, 0.4) is 0 Å². The van der Waals surface area contributed by atoms with Crippen LogP contribution in [0, 0.1) is 23.1 Å². The number of amides is 2. The Bertz CT molecular complexity index is 1510. The maximum atomic E-state index is 14.7. The Morgan fingerprint density at radius 2 is 2.15 bits per heavy atom. The monoisotopic (exact) mass is 480 g/mol. The van der Waals surface area contributed by atoms with Gasteiger partial charge < -0.3 is 15.2 Å². The molecule has 5 rings (SSSR count). The van der Waals surface area contributed by atoms with Crippen molar-refractivity contribution in [2.75, 3.05) is 13.1 Å². The van der Waals surface area contributed by atoms with Crippen molar-refractivity contribution in [3.63, 3.8) is 0 Å². The van der Waals surface area contributed by atoms with Crippen molar-refractivity contribution in [3.8, 4) is 17.5 Å². The molecule has 0 radical (unpaired) electrons. The van der Waals surface area contributed by atoms with E-state index < -0.39 is 17.8 Å². The molecule has 0 bridgehead atoms. The predicted molar refractivity (Wildman–Crippen MR) is 121 cm³/mol. The first-order chi connectivity index (χ1) is 16.3. The highest BCUT2D eigenvalue weighted by molar-refractivity contribution is 6.31.